The summed E-state index contributed by atoms with van der Waals surface area (Å²) in [7, 11) is 0. The molecular weight excluding hydrogens is 284 g/mol. The standard InChI is InChI=1S/C15H14N4O3/c1-9(17-15(21)11-4-5-22-8-11)14(20)18-12-3-2-10-7-16-19-13(10)6-12/h2-9H,1H3,(H,16,19)(H,17,21)(H,18,20)/t9-/m1/s1. The lowest BCUT2D eigenvalue weighted by molar-refractivity contribution is -0.117. The molecule has 0 aliphatic carbocycles. The highest BCUT2D eigenvalue weighted by Crippen LogP contribution is 2.16. The van der Waals surface area contributed by atoms with Gasteiger partial charge in [-0.15, -0.1) is 0 Å². The maximum atomic E-state index is 12.1. The van der Waals surface area contributed by atoms with Crippen LogP contribution in [0.2, 0.25) is 0 Å². The van der Waals surface area contributed by atoms with Crippen molar-refractivity contribution in [2.45, 2.75) is 13.0 Å². The molecule has 0 spiro atoms. The molecule has 0 saturated carbocycles. The number of amides is 2. The van der Waals surface area contributed by atoms with Gasteiger partial charge in [-0.25, -0.2) is 0 Å². The minimum Gasteiger partial charge on any atom is -0.472 e. The van der Waals surface area contributed by atoms with Gasteiger partial charge in [0.2, 0.25) is 5.91 Å². The first-order chi connectivity index (χ1) is 10.6. The number of hydrogen-bond acceptors (Lipinski definition) is 4. The zero-order valence-electron chi connectivity index (χ0n) is 11.8. The van der Waals surface area contributed by atoms with Crippen LogP contribution in [0.4, 0.5) is 5.69 Å². The summed E-state index contributed by atoms with van der Waals surface area (Å²) < 4.78 is 4.84. The van der Waals surface area contributed by atoms with Gasteiger partial charge in [0.05, 0.1) is 23.5 Å². The molecule has 0 fully saturated rings. The van der Waals surface area contributed by atoms with Gasteiger partial charge in [0.1, 0.15) is 12.3 Å². The van der Waals surface area contributed by atoms with Gasteiger partial charge in [-0.2, -0.15) is 5.10 Å². The summed E-state index contributed by atoms with van der Waals surface area (Å²) in [5.74, 6) is -0.670. The molecule has 0 unspecified atom stereocenters. The molecule has 3 aromatic rings. The van der Waals surface area contributed by atoms with Crippen molar-refractivity contribution in [2.24, 2.45) is 0 Å². The Morgan fingerprint density at radius 3 is 2.95 bits per heavy atom. The first kappa shape index (κ1) is 13.9. The minimum absolute atomic E-state index is 0.310. The van der Waals surface area contributed by atoms with Crippen LogP contribution < -0.4 is 10.6 Å². The van der Waals surface area contributed by atoms with Gasteiger partial charge >= 0.3 is 0 Å². The summed E-state index contributed by atoms with van der Waals surface area (Å²) in [6.07, 6.45) is 4.43. The number of nitrogens with one attached hydrogen (secondary N) is 3. The number of rotatable bonds is 4. The predicted octanol–water partition coefficient (Wildman–Crippen LogP) is 1.91. The third-order valence-electron chi connectivity index (χ3n) is 3.23. The van der Waals surface area contributed by atoms with E-state index in [2.05, 4.69) is 20.8 Å². The van der Waals surface area contributed by atoms with E-state index >= 15 is 0 Å². The molecule has 3 rings (SSSR count). The summed E-state index contributed by atoms with van der Waals surface area (Å²) in [4.78, 5) is 24.0. The summed E-state index contributed by atoms with van der Waals surface area (Å²) in [5.41, 5.74) is 1.83. The lowest BCUT2D eigenvalue weighted by atomic mass is 10.2. The Morgan fingerprint density at radius 2 is 2.18 bits per heavy atom. The van der Waals surface area contributed by atoms with E-state index in [4.69, 9.17) is 4.42 Å². The van der Waals surface area contributed by atoms with Gasteiger partial charge < -0.3 is 15.1 Å². The third kappa shape index (κ3) is 2.83. The van der Waals surface area contributed by atoms with E-state index in [0.29, 0.717) is 11.3 Å². The molecule has 0 saturated heterocycles. The zero-order valence-corrected chi connectivity index (χ0v) is 11.8. The van der Waals surface area contributed by atoms with Crippen LogP contribution in [0.15, 0.2) is 47.4 Å². The molecule has 0 aliphatic rings. The fourth-order valence-electron chi connectivity index (χ4n) is 2.00. The largest absolute Gasteiger partial charge is 0.472 e. The van der Waals surface area contributed by atoms with E-state index in [0.717, 1.165) is 10.9 Å². The van der Waals surface area contributed by atoms with Crippen LogP contribution in [0, 0.1) is 0 Å². The maximum absolute atomic E-state index is 12.1. The number of furan rings is 1. The number of hydrogen-bond donors (Lipinski definition) is 3. The minimum atomic E-state index is -0.681. The lowest BCUT2D eigenvalue weighted by Gasteiger charge is -2.13. The highest BCUT2D eigenvalue weighted by atomic mass is 16.3. The van der Waals surface area contributed by atoms with Crippen molar-refractivity contribution in [3.05, 3.63) is 48.6 Å². The molecule has 0 aliphatic heterocycles. The average molecular weight is 298 g/mol. The van der Waals surface area contributed by atoms with Crippen molar-refractivity contribution in [1.82, 2.24) is 15.5 Å². The van der Waals surface area contributed by atoms with Gasteiger partial charge in [-0.05, 0) is 31.2 Å². The second kappa shape index (κ2) is 5.72. The van der Waals surface area contributed by atoms with E-state index in [1.807, 2.05) is 6.07 Å². The van der Waals surface area contributed by atoms with E-state index in [9.17, 15) is 9.59 Å². The Morgan fingerprint density at radius 1 is 1.32 bits per heavy atom. The van der Waals surface area contributed by atoms with Gasteiger partial charge in [0.25, 0.3) is 5.91 Å². The van der Waals surface area contributed by atoms with Crippen molar-refractivity contribution in [3.63, 3.8) is 0 Å². The normalized spacial score (nSPS) is 12.0. The fraction of sp³-hybridized carbons (Fsp3) is 0.133. The molecule has 7 heteroatoms. The maximum Gasteiger partial charge on any atom is 0.255 e. The Bertz CT molecular complexity index is 807. The van der Waals surface area contributed by atoms with Crippen molar-refractivity contribution in [2.75, 3.05) is 5.32 Å². The number of aromatic nitrogens is 2. The van der Waals surface area contributed by atoms with Crippen LogP contribution >= 0.6 is 0 Å². The van der Waals surface area contributed by atoms with Gasteiger partial charge in [0.15, 0.2) is 0 Å². The Labute approximate surface area is 125 Å². The molecule has 2 amide bonds. The van der Waals surface area contributed by atoms with Gasteiger partial charge in [-0.1, -0.05) is 0 Å². The van der Waals surface area contributed by atoms with Crippen LogP contribution in [0.1, 0.15) is 17.3 Å². The Kier molecular flexibility index (Phi) is 3.61. The summed E-state index contributed by atoms with van der Waals surface area (Å²) in [5, 5.41) is 13.1. The molecule has 7 nitrogen and oxygen atoms in total. The van der Waals surface area contributed by atoms with Crippen molar-refractivity contribution in [1.29, 1.82) is 0 Å². The molecule has 112 valence electrons. The quantitative estimate of drug-likeness (QED) is 0.685. The summed E-state index contributed by atoms with van der Waals surface area (Å²) >= 11 is 0. The number of fused-ring (bicyclic) bond motifs is 1. The van der Waals surface area contributed by atoms with Crippen LogP contribution in [0.5, 0.6) is 0 Å². The number of H-pyrrole nitrogens is 1. The van der Waals surface area contributed by atoms with Crippen molar-refractivity contribution in [3.8, 4) is 0 Å². The fourth-order valence-corrected chi connectivity index (χ4v) is 2.00. The van der Waals surface area contributed by atoms with Crippen molar-refractivity contribution >= 4 is 28.4 Å². The molecule has 2 heterocycles. The van der Waals surface area contributed by atoms with E-state index in [-0.39, 0.29) is 11.8 Å². The monoisotopic (exact) mass is 298 g/mol. The molecule has 2 aromatic heterocycles. The first-order valence-electron chi connectivity index (χ1n) is 6.70. The number of carbonyl (C=O) groups excluding carboxylic acids is 2. The SMILES string of the molecule is C[C@@H](NC(=O)c1ccoc1)C(=O)Nc1ccc2cn[nH]c2c1. The lowest BCUT2D eigenvalue weighted by Crippen LogP contribution is -2.41. The molecule has 22 heavy (non-hydrogen) atoms. The summed E-state index contributed by atoms with van der Waals surface area (Å²) in [6, 6.07) is 6.26. The van der Waals surface area contributed by atoms with Crippen LogP contribution in [-0.2, 0) is 4.79 Å². The van der Waals surface area contributed by atoms with Crippen LogP contribution in [0.3, 0.4) is 0 Å². The highest BCUT2D eigenvalue weighted by molar-refractivity contribution is 6.01. The molecule has 1 aromatic carbocycles. The number of carbonyl (C=O) groups is 2. The molecule has 3 N–H and O–H groups in total. The third-order valence-corrected chi connectivity index (χ3v) is 3.23. The number of nitrogens with zero attached hydrogens (tertiary/aromatic N) is 1. The van der Waals surface area contributed by atoms with Crippen LogP contribution in [0.25, 0.3) is 10.9 Å². The van der Waals surface area contributed by atoms with Crippen molar-refractivity contribution < 1.29 is 14.0 Å². The van der Waals surface area contributed by atoms with E-state index in [1.165, 1.54) is 18.6 Å². The van der Waals surface area contributed by atoms with Gasteiger partial charge in [-0.3, -0.25) is 14.7 Å². The molecular formula is C15H14N4O3. The van der Waals surface area contributed by atoms with E-state index in [1.54, 1.807) is 25.3 Å². The Hall–Kier alpha value is -3.09. The summed E-state index contributed by atoms with van der Waals surface area (Å²) in [6.45, 7) is 1.61. The zero-order chi connectivity index (χ0) is 15.5. The second-order valence-corrected chi connectivity index (χ2v) is 4.87. The molecule has 1 atom stereocenters. The predicted molar refractivity (Wildman–Crippen MR) is 80.4 cm³/mol. The smallest absolute Gasteiger partial charge is 0.255 e. The van der Waals surface area contributed by atoms with Gasteiger partial charge in [0, 0.05) is 11.1 Å². The highest BCUT2D eigenvalue weighted by Gasteiger charge is 2.17. The Balaban J connectivity index is 1.64. The topological polar surface area (TPSA) is 100 Å². The number of aromatic amines is 1. The average Bonchev–Trinajstić information content (AvgIpc) is 3.18. The molecule has 0 bridgehead atoms. The number of anilines is 1. The van der Waals surface area contributed by atoms with E-state index < -0.39 is 6.04 Å². The first-order valence-corrected chi connectivity index (χ1v) is 6.70. The van der Waals surface area contributed by atoms with Crippen LogP contribution in [-0.4, -0.2) is 28.1 Å². The molecule has 0 radical (unpaired) electrons. The number of benzene rings is 1. The second-order valence-electron chi connectivity index (χ2n) is 4.87.